The highest BCUT2D eigenvalue weighted by atomic mass is 16.5. The van der Waals surface area contributed by atoms with E-state index in [1.807, 2.05) is 36.4 Å². The molecule has 0 atom stereocenters. The highest BCUT2D eigenvalue weighted by Gasteiger charge is 2.28. The Labute approximate surface area is 174 Å². The molecule has 0 fully saturated rings. The van der Waals surface area contributed by atoms with E-state index in [4.69, 9.17) is 4.74 Å². The fourth-order valence-corrected chi connectivity index (χ4v) is 3.73. The average Bonchev–Trinajstić information content (AvgIpc) is 3.02. The number of hydrogen-bond donors (Lipinski definition) is 1. The van der Waals surface area contributed by atoms with Crippen molar-refractivity contribution in [1.82, 2.24) is 0 Å². The summed E-state index contributed by atoms with van der Waals surface area (Å²) in [5.41, 5.74) is 2.68. The molecule has 0 aliphatic carbocycles. The van der Waals surface area contributed by atoms with Crippen molar-refractivity contribution >= 4 is 39.9 Å². The second kappa shape index (κ2) is 8.37. The van der Waals surface area contributed by atoms with Crippen LogP contribution in [0.25, 0.3) is 10.8 Å². The van der Waals surface area contributed by atoms with E-state index in [0.717, 1.165) is 16.5 Å². The molecule has 1 aliphatic rings. The maximum atomic E-state index is 12.8. The molecule has 3 aromatic rings. The Bertz CT molecular complexity index is 1120. The van der Waals surface area contributed by atoms with Crippen molar-refractivity contribution < 1.29 is 19.1 Å². The summed E-state index contributed by atoms with van der Waals surface area (Å²) < 4.78 is 4.94. The number of ether oxygens (including phenoxy) is 1. The van der Waals surface area contributed by atoms with Crippen LogP contribution in [0.4, 0.5) is 11.4 Å². The highest BCUT2D eigenvalue weighted by Crippen LogP contribution is 2.37. The average molecular weight is 402 g/mol. The van der Waals surface area contributed by atoms with Gasteiger partial charge in [0.1, 0.15) is 0 Å². The number of carbonyl (C=O) groups excluding carboxylic acids is 3. The molecule has 0 bridgehead atoms. The molecule has 6 heteroatoms. The van der Waals surface area contributed by atoms with Gasteiger partial charge in [-0.15, -0.1) is 0 Å². The SMILES string of the molecule is CCOC(=O)c1ccc(NC(=O)CCCN2C(=O)c3cccc4cccc2c34)cc1. The van der Waals surface area contributed by atoms with Crippen molar-refractivity contribution in [3.8, 4) is 0 Å². The molecular formula is C24H22N2O4. The number of rotatable bonds is 7. The smallest absolute Gasteiger partial charge is 0.338 e. The summed E-state index contributed by atoms with van der Waals surface area (Å²) in [7, 11) is 0. The number of hydrogen-bond acceptors (Lipinski definition) is 4. The van der Waals surface area contributed by atoms with Crippen molar-refractivity contribution in [2.75, 3.05) is 23.4 Å². The first kappa shape index (κ1) is 19.6. The number of nitrogens with one attached hydrogen (secondary N) is 1. The van der Waals surface area contributed by atoms with Crippen LogP contribution in [0.2, 0.25) is 0 Å². The summed E-state index contributed by atoms with van der Waals surface area (Å²) in [6, 6.07) is 18.2. The molecule has 152 valence electrons. The van der Waals surface area contributed by atoms with Gasteiger partial charge in [-0.05, 0) is 55.1 Å². The highest BCUT2D eigenvalue weighted by molar-refractivity contribution is 6.25. The quantitative estimate of drug-likeness (QED) is 0.595. The molecular weight excluding hydrogens is 380 g/mol. The fourth-order valence-electron chi connectivity index (χ4n) is 3.73. The Balaban J connectivity index is 1.33. The molecule has 0 spiro atoms. The van der Waals surface area contributed by atoms with Crippen molar-refractivity contribution in [1.29, 1.82) is 0 Å². The lowest BCUT2D eigenvalue weighted by molar-refractivity contribution is -0.116. The van der Waals surface area contributed by atoms with Gasteiger partial charge in [0.05, 0.1) is 17.9 Å². The summed E-state index contributed by atoms with van der Waals surface area (Å²) in [6.45, 7) is 2.54. The van der Waals surface area contributed by atoms with Crippen molar-refractivity contribution in [3.63, 3.8) is 0 Å². The summed E-state index contributed by atoms with van der Waals surface area (Å²) in [4.78, 5) is 38.5. The van der Waals surface area contributed by atoms with E-state index in [-0.39, 0.29) is 24.2 Å². The minimum Gasteiger partial charge on any atom is -0.462 e. The molecule has 1 aliphatic heterocycles. The normalized spacial score (nSPS) is 12.3. The maximum Gasteiger partial charge on any atom is 0.338 e. The van der Waals surface area contributed by atoms with Crippen LogP contribution in [0.1, 0.15) is 40.5 Å². The number of carbonyl (C=O) groups is 3. The topological polar surface area (TPSA) is 75.7 Å². The largest absolute Gasteiger partial charge is 0.462 e. The lowest BCUT2D eigenvalue weighted by Gasteiger charge is -2.17. The molecule has 1 heterocycles. The Morgan fingerprint density at radius 1 is 1.00 bits per heavy atom. The number of benzene rings is 3. The lowest BCUT2D eigenvalue weighted by atomic mass is 10.1. The molecule has 4 rings (SSSR count). The van der Waals surface area contributed by atoms with Crippen LogP contribution in [0.5, 0.6) is 0 Å². The number of amides is 2. The Hall–Kier alpha value is -3.67. The van der Waals surface area contributed by atoms with Crippen LogP contribution in [-0.2, 0) is 9.53 Å². The van der Waals surface area contributed by atoms with E-state index < -0.39 is 0 Å². The van der Waals surface area contributed by atoms with Gasteiger partial charge in [-0.25, -0.2) is 4.79 Å². The van der Waals surface area contributed by atoms with Crippen LogP contribution in [0, 0.1) is 0 Å². The molecule has 30 heavy (non-hydrogen) atoms. The third kappa shape index (κ3) is 3.76. The first-order valence-corrected chi connectivity index (χ1v) is 9.99. The third-order valence-corrected chi connectivity index (χ3v) is 5.11. The van der Waals surface area contributed by atoms with Gasteiger partial charge in [0.25, 0.3) is 5.91 Å². The molecule has 6 nitrogen and oxygen atoms in total. The summed E-state index contributed by atoms with van der Waals surface area (Å²) in [5.74, 6) is -0.542. The Morgan fingerprint density at radius 2 is 1.73 bits per heavy atom. The van der Waals surface area contributed by atoms with Gasteiger partial charge in [-0.3, -0.25) is 9.59 Å². The van der Waals surface area contributed by atoms with E-state index in [0.29, 0.717) is 36.4 Å². The summed E-state index contributed by atoms with van der Waals surface area (Å²) in [6.07, 6.45) is 0.832. The third-order valence-electron chi connectivity index (χ3n) is 5.11. The maximum absolute atomic E-state index is 12.8. The molecule has 3 aromatic carbocycles. The van der Waals surface area contributed by atoms with E-state index in [9.17, 15) is 14.4 Å². The number of anilines is 2. The van der Waals surface area contributed by atoms with Gasteiger partial charge in [0.15, 0.2) is 0 Å². The van der Waals surface area contributed by atoms with Crippen LogP contribution in [0.3, 0.4) is 0 Å². The fraction of sp³-hybridized carbons (Fsp3) is 0.208. The van der Waals surface area contributed by atoms with E-state index in [2.05, 4.69) is 5.32 Å². The Morgan fingerprint density at radius 3 is 2.47 bits per heavy atom. The van der Waals surface area contributed by atoms with Gasteiger partial charge in [0, 0.05) is 29.6 Å². The molecule has 1 N–H and O–H groups in total. The van der Waals surface area contributed by atoms with E-state index in [1.165, 1.54) is 0 Å². The van der Waals surface area contributed by atoms with Gasteiger partial charge < -0.3 is 15.0 Å². The second-order valence-corrected chi connectivity index (χ2v) is 7.09. The van der Waals surface area contributed by atoms with Crippen molar-refractivity contribution in [2.24, 2.45) is 0 Å². The minimum atomic E-state index is -0.387. The van der Waals surface area contributed by atoms with E-state index >= 15 is 0 Å². The molecule has 0 saturated carbocycles. The van der Waals surface area contributed by atoms with Crippen LogP contribution < -0.4 is 10.2 Å². The monoisotopic (exact) mass is 402 g/mol. The zero-order valence-corrected chi connectivity index (χ0v) is 16.7. The second-order valence-electron chi connectivity index (χ2n) is 7.09. The van der Waals surface area contributed by atoms with Crippen LogP contribution in [0.15, 0.2) is 60.7 Å². The standard InChI is InChI=1S/C24H22N2O4/c1-2-30-24(29)17-11-13-18(14-12-17)25-21(27)10-5-15-26-20-9-4-7-16-6-3-8-19(22(16)20)23(26)28/h3-4,6-9,11-14H,2,5,10,15H2,1H3,(H,25,27). The Kier molecular flexibility index (Phi) is 5.48. The number of esters is 1. The van der Waals surface area contributed by atoms with Gasteiger partial charge in [-0.1, -0.05) is 24.3 Å². The van der Waals surface area contributed by atoms with Crippen LogP contribution >= 0.6 is 0 Å². The van der Waals surface area contributed by atoms with Crippen molar-refractivity contribution in [3.05, 3.63) is 71.8 Å². The number of nitrogens with zero attached hydrogens (tertiary/aromatic N) is 1. The van der Waals surface area contributed by atoms with Gasteiger partial charge in [-0.2, -0.15) is 0 Å². The van der Waals surface area contributed by atoms with Crippen LogP contribution in [-0.4, -0.2) is 30.9 Å². The molecule has 0 unspecified atom stereocenters. The first-order chi connectivity index (χ1) is 14.6. The minimum absolute atomic E-state index is 0.0169. The molecule has 0 aromatic heterocycles. The first-order valence-electron chi connectivity index (χ1n) is 9.99. The predicted octanol–water partition coefficient (Wildman–Crippen LogP) is 4.40. The van der Waals surface area contributed by atoms with E-state index in [1.54, 1.807) is 36.1 Å². The summed E-state index contributed by atoms with van der Waals surface area (Å²) in [5, 5.41) is 4.85. The van der Waals surface area contributed by atoms with Crippen molar-refractivity contribution in [2.45, 2.75) is 19.8 Å². The van der Waals surface area contributed by atoms with Gasteiger partial charge in [0.2, 0.25) is 5.91 Å². The predicted molar refractivity (Wildman–Crippen MR) is 116 cm³/mol. The van der Waals surface area contributed by atoms with Gasteiger partial charge >= 0.3 is 5.97 Å². The zero-order chi connectivity index (χ0) is 21.1. The molecule has 2 amide bonds. The zero-order valence-electron chi connectivity index (χ0n) is 16.7. The molecule has 0 saturated heterocycles. The molecule has 0 radical (unpaired) electrons. The lowest BCUT2D eigenvalue weighted by Crippen LogP contribution is -2.28. The summed E-state index contributed by atoms with van der Waals surface area (Å²) >= 11 is 0.